The number of hydrogen-bond donors (Lipinski definition) is 0. The van der Waals surface area contributed by atoms with Crippen molar-refractivity contribution in [2.75, 3.05) is 0 Å². The third-order valence-corrected chi connectivity index (χ3v) is 1.70. The number of nitrogens with zero attached hydrogens (tertiary/aromatic N) is 1. The average Bonchev–Trinajstić information content (AvgIpc) is 2.15. The molecule has 0 saturated heterocycles. The maximum Gasteiger partial charge on any atom is 0.153 e. The van der Waals surface area contributed by atoms with E-state index in [-0.39, 0.29) is 23.0 Å². The molecule has 1 rings (SSSR count). The molecule has 4 heteroatoms. The predicted molar refractivity (Wildman–Crippen MR) is 41.2 cm³/mol. The van der Waals surface area contributed by atoms with Crippen LogP contribution in [0.25, 0.3) is 0 Å². The molecule has 0 aliphatic carbocycles. The lowest BCUT2D eigenvalue weighted by molar-refractivity contribution is 0.111. The van der Waals surface area contributed by atoms with Gasteiger partial charge >= 0.3 is 0 Å². The zero-order valence-corrected chi connectivity index (χ0v) is 6.77. The van der Waals surface area contributed by atoms with Crippen LogP contribution in [0, 0.1) is 29.9 Å². The fourth-order valence-electron chi connectivity index (χ4n) is 0.964. The number of benzene rings is 1. The monoisotopic (exact) mass is 181 g/mol. The van der Waals surface area contributed by atoms with Gasteiger partial charge in [0.25, 0.3) is 0 Å². The van der Waals surface area contributed by atoms with Gasteiger partial charge in [0.05, 0.1) is 11.1 Å². The Morgan fingerprint density at radius 3 is 2.54 bits per heavy atom. The molecule has 0 aliphatic heterocycles. The molecule has 0 fully saturated rings. The highest BCUT2D eigenvalue weighted by molar-refractivity contribution is 5.76. The van der Waals surface area contributed by atoms with E-state index in [0.29, 0.717) is 0 Å². The molecular formula is C9H5F2NO. The highest BCUT2D eigenvalue weighted by atomic mass is 19.1. The number of aldehydes is 1. The summed E-state index contributed by atoms with van der Waals surface area (Å²) in [6.07, 6.45) is 0.253. The fraction of sp³-hybridized carbons (Fsp3) is 0.111. The molecule has 0 bridgehead atoms. The first-order valence-electron chi connectivity index (χ1n) is 3.45. The van der Waals surface area contributed by atoms with Gasteiger partial charge in [-0.15, -0.1) is 0 Å². The summed E-state index contributed by atoms with van der Waals surface area (Å²) in [5.74, 6) is -1.82. The summed E-state index contributed by atoms with van der Waals surface area (Å²) in [4.78, 5) is 10.3. The molecule has 0 saturated carbocycles. The van der Waals surface area contributed by atoms with Gasteiger partial charge in [-0.3, -0.25) is 4.79 Å². The second-order valence-electron chi connectivity index (χ2n) is 2.50. The van der Waals surface area contributed by atoms with Gasteiger partial charge in [-0.2, -0.15) is 5.26 Å². The number of halogens is 2. The topological polar surface area (TPSA) is 40.9 Å². The maximum atomic E-state index is 13.0. The van der Waals surface area contributed by atoms with Crippen LogP contribution in [0.5, 0.6) is 0 Å². The Kier molecular flexibility index (Phi) is 2.38. The quantitative estimate of drug-likeness (QED) is 0.621. The molecule has 0 aliphatic rings. The Balaban J connectivity index is 3.56. The van der Waals surface area contributed by atoms with E-state index >= 15 is 0 Å². The zero-order chi connectivity index (χ0) is 10.0. The largest absolute Gasteiger partial charge is 0.298 e. The minimum Gasteiger partial charge on any atom is -0.298 e. The van der Waals surface area contributed by atoms with Gasteiger partial charge in [0, 0.05) is 5.56 Å². The first kappa shape index (κ1) is 9.33. The lowest BCUT2D eigenvalue weighted by atomic mass is 10.1. The number of hydrogen-bond acceptors (Lipinski definition) is 2. The Hall–Kier alpha value is -1.76. The predicted octanol–water partition coefficient (Wildman–Crippen LogP) is 1.96. The van der Waals surface area contributed by atoms with E-state index in [1.54, 1.807) is 0 Å². The van der Waals surface area contributed by atoms with Crippen molar-refractivity contribution < 1.29 is 13.6 Å². The summed E-state index contributed by atoms with van der Waals surface area (Å²) in [7, 11) is 0. The van der Waals surface area contributed by atoms with Crippen LogP contribution in [-0.2, 0) is 0 Å². The molecule has 0 aromatic heterocycles. The van der Waals surface area contributed by atoms with E-state index in [1.165, 1.54) is 13.0 Å². The van der Waals surface area contributed by atoms with E-state index in [2.05, 4.69) is 0 Å². The highest BCUT2D eigenvalue weighted by Crippen LogP contribution is 2.18. The van der Waals surface area contributed by atoms with Crippen LogP contribution in [-0.4, -0.2) is 6.29 Å². The second-order valence-corrected chi connectivity index (χ2v) is 2.50. The van der Waals surface area contributed by atoms with Crippen LogP contribution in [0.2, 0.25) is 0 Å². The fourth-order valence-corrected chi connectivity index (χ4v) is 0.964. The van der Waals surface area contributed by atoms with E-state index in [1.807, 2.05) is 0 Å². The van der Waals surface area contributed by atoms with Crippen LogP contribution >= 0.6 is 0 Å². The smallest absolute Gasteiger partial charge is 0.153 e. The Morgan fingerprint density at radius 2 is 2.08 bits per heavy atom. The summed E-state index contributed by atoms with van der Waals surface area (Å²) >= 11 is 0. The van der Waals surface area contributed by atoms with Gasteiger partial charge in [-0.1, -0.05) is 0 Å². The average molecular weight is 181 g/mol. The third kappa shape index (κ3) is 1.41. The van der Waals surface area contributed by atoms with Crippen molar-refractivity contribution in [3.05, 3.63) is 34.4 Å². The van der Waals surface area contributed by atoms with Crippen molar-refractivity contribution in [3.8, 4) is 6.07 Å². The van der Waals surface area contributed by atoms with Crippen molar-refractivity contribution in [1.82, 2.24) is 0 Å². The lowest BCUT2D eigenvalue weighted by Gasteiger charge is -2.02. The van der Waals surface area contributed by atoms with Crippen molar-refractivity contribution in [2.45, 2.75) is 6.92 Å². The highest BCUT2D eigenvalue weighted by Gasteiger charge is 2.14. The first-order valence-corrected chi connectivity index (χ1v) is 3.45. The van der Waals surface area contributed by atoms with Crippen molar-refractivity contribution in [1.29, 1.82) is 5.26 Å². The van der Waals surface area contributed by atoms with Gasteiger partial charge in [0.1, 0.15) is 17.7 Å². The van der Waals surface area contributed by atoms with Crippen LogP contribution < -0.4 is 0 Å². The van der Waals surface area contributed by atoms with E-state index in [4.69, 9.17) is 5.26 Å². The number of nitriles is 1. The molecule has 2 nitrogen and oxygen atoms in total. The number of carbonyl (C=O) groups excluding carboxylic acids is 1. The van der Waals surface area contributed by atoms with Gasteiger partial charge in [0.2, 0.25) is 0 Å². The lowest BCUT2D eigenvalue weighted by Crippen LogP contribution is -1.98. The van der Waals surface area contributed by atoms with Crippen LogP contribution in [0.1, 0.15) is 21.5 Å². The van der Waals surface area contributed by atoms with Crippen LogP contribution in [0.15, 0.2) is 6.07 Å². The molecule has 13 heavy (non-hydrogen) atoms. The van der Waals surface area contributed by atoms with E-state index in [9.17, 15) is 13.6 Å². The van der Waals surface area contributed by atoms with Crippen LogP contribution in [0.4, 0.5) is 8.78 Å². The Labute approximate surface area is 73.4 Å². The SMILES string of the molecule is Cc1c(F)c(C#N)cc(C=O)c1F. The Bertz CT molecular complexity index is 407. The Morgan fingerprint density at radius 1 is 1.46 bits per heavy atom. The number of rotatable bonds is 1. The van der Waals surface area contributed by atoms with Crippen molar-refractivity contribution >= 4 is 6.29 Å². The van der Waals surface area contributed by atoms with Gasteiger partial charge < -0.3 is 0 Å². The van der Waals surface area contributed by atoms with Crippen molar-refractivity contribution in [3.63, 3.8) is 0 Å². The summed E-state index contributed by atoms with van der Waals surface area (Å²) < 4.78 is 26.0. The van der Waals surface area contributed by atoms with Gasteiger partial charge in [0.15, 0.2) is 6.29 Å². The van der Waals surface area contributed by atoms with E-state index < -0.39 is 11.6 Å². The minimum absolute atomic E-state index is 0.253. The molecule has 0 spiro atoms. The van der Waals surface area contributed by atoms with Crippen molar-refractivity contribution in [2.24, 2.45) is 0 Å². The number of carbonyl (C=O) groups is 1. The summed E-state index contributed by atoms with van der Waals surface area (Å²) in [6, 6.07) is 2.43. The minimum atomic E-state index is -0.911. The molecule has 1 aromatic carbocycles. The third-order valence-electron chi connectivity index (χ3n) is 1.70. The van der Waals surface area contributed by atoms with Crippen LogP contribution in [0.3, 0.4) is 0 Å². The van der Waals surface area contributed by atoms with E-state index in [0.717, 1.165) is 6.07 Å². The molecule has 66 valence electrons. The molecule has 1 aromatic rings. The summed E-state index contributed by atoms with van der Waals surface area (Å²) in [5, 5.41) is 8.43. The molecule has 0 heterocycles. The molecule has 0 amide bonds. The molecule has 0 unspecified atom stereocenters. The van der Waals surface area contributed by atoms with Gasteiger partial charge in [-0.25, -0.2) is 8.78 Å². The molecular weight excluding hydrogens is 176 g/mol. The van der Waals surface area contributed by atoms with Gasteiger partial charge in [-0.05, 0) is 13.0 Å². The zero-order valence-electron chi connectivity index (χ0n) is 6.77. The first-order chi connectivity index (χ1) is 6.11. The second kappa shape index (κ2) is 3.31. The summed E-state index contributed by atoms with van der Waals surface area (Å²) in [5.41, 5.74) is -0.919. The maximum absolute atomic E-state index is 13.0. The molecule has 0 atom stereocenters. The normalized spacial score (nSPS) is 9.38. The molecule has 0 N–H and O–H groups in total. The summed E-state index contributed by atoms with van der Waals surface area (Å²) in [6.45, 7) is 1.18. The molecule has 0 radical (unpaired) electrons. The standard InChI is InChI=1S/C9H5F2NO/c1-5-8(10)6(3-12)2-7(4-13)9(5)11/h2,4H,1H3.